The Morgan fingerprint density at radius 1 is 1.47 bits per heavy atom. The summed E-state index contributed by atoms with van der Waals surface area (Å²) >= 11 is 0. The van der Waals surface area contributed by atoms with Crippen molar-refractivity contribution in [2.45, 2.75) is 4.90 Å². The molecule has 15 heavy (non-hydrogen) atoms. The zero-order valence-corrected chi connectivity index (χ0v) is 8.91. The zero-order valence-electron chi connectivity index (χ0n) is 8.10. The molecule has 5 nitrogen and oxygen atoms in total. The fourth-order valence-electron chi connectivity index (χ4n) is 1.21. The van der Waals surface area contributed by atoms with Crippen molar-refractivity contribution >= 4 is 15.6 Å². The summed E-state index contributed by atoms with van der Waals surface area (Å²) < 4.78 is 22.6. The van der Waals surface area contributed by atoms with Crippen molar-refractivity contribution in [1.82, 2.24) is 0 Å². The second-order valence-electron chi connectivity index (χ2n) is 3.05. The van der Waals surface area contributed by atoms with Crippen LogP contribution in [0.15, 0.2) is 23.1 Å². The first-order valence-corrected chi connectivity index (χ1v) is 6.02. The lowest BCUT2D eigenvalue weighted by Gasteiger charge is -2.07. The van der Waals surface area contributed by atoms with Gasteiger partial charge in [-0.05, 0) is 12.1 Å². The Balaban J connectivity index is 3.54. The molecule has 0 heterocycles. The number of carbonyl (C=O) groups is 1. The number of benzene rings is 1. The highest BCUT2D eigenvalue weighted by molar-refractivity contribution is 7.90. The normalized spacial score (nSPS) is 11.3. The Hall–Kier alpha value is -1.40. The number of hydrogen-bond donors (Lipinski definition) is 2. The van der Waals surface area contributed by atoms with Gasteiger partial charge in [-0.25, -0.2) is 8.42 Å². The molecule has 0 atom stereocenters. The molecule has 0 radical (unpaired) electrons. The summed E-state index contributed by atoms with van der Waals surface area (Å²) in [6.07, 6.45) is 0.967. The Morgan fingerprint density at radius 2 is 2.07 bits per heavy atom. The molecule has 0 aliphatic carbocycles. The van der Waals surface area contributed by atoms with Crippen LogP contribution in [0.25, 0.3) is 0 Å². The number of Topliss-reactive ketones (excluding diaryl/α,β-unsaturated/α-hetero) is 1. The molecule has 0 unspecified atom stereocenters. The molecule has 0 amide bonds. The van der Waals surface area contributed by atoms with Gasteiger partial charge in [-0.1, -0.05) is 6.07 Å². The lowest BCUT2D eigenvalue weighted by atomic mass is 10.1. The second kappa shape index (κ2) is 4.00. The molecule has 0 spiro atoms. The highest BCUT2D eigenvalue weighted by Gasteiger charge is 2.20. The van der Waals surface area contributed by atoms with Crippen LogP contribution in [0.3, 0.4) is 0 Å². The SMILES string of the molecule is CS(=O)(=O)c1cccc(O)c1C(=O)CN. The van der Waals surface area contributed by atoms with Crippen molar-refractivity contribution in [2.24, 2.45) is 5.73 Å². The van der Waals surface area contributed by atoms with E-state index in [1.807, 2.05) is 0 Å². The smallest absolute Gasteiger partial charge is 0.181 e. The number of rotatable bonds is 3. The van der Waals surface area contributed by atoms with Crippen molar-refractivity contribution in [3.8, 4) is 5.75 Å². The number of hydrogen-bond acceptors (Lipinski definition) is 5. The van der Waals surface area contributed by atoms with Crippen LogP contribution in [0.1, 0.15) is 10.4 Å². The molecule has 6 heteroatoms. The quantitative estimate of drug-likeness (QED) is 0.707. The summed E-state index contributed by atoms with van der Waals surface area (Å²) in [5.74, 6) is -0.970. The van der Waals surface area contributed by atoms with E-state index in [1.165, 1.54) is 18.2 Å². The lowest BCUT2D eigenvalue weighted by molar-refractivity contribution is 0.0995. The van der Waals surface area contributed by atoms with E-state index in [4.69, 9.17) is 5.73 Å². The van der Waals surface area contributed by atoms with Crippen LogP contribution in [-0.2, 0) is 9.84 Å². The number of phenolic OH excluding ortho intramolecular Hbond substituents is 1. The van der Waals surface area contributed by atoms with E-state index in [0.29, 0.717) is 0 Å². The van der Waals surface area contributed by atoms with E-state index in [0.717, 1.165) is 6.26 Å². The number of phenols is 1. The molecule has 0 saturated heterocycles. The van der Waals surface area contributed by atoms with E-state index in [1.54, 1.807) is 0 Å². The minimum atomic E-state index is -3.55. The van der Waals surface area contributed by atoms with E-state index in [-0.39, 0.29) is 22.8 Å². The Morgan fingerprint density at radius 3 is 2.53 bits per heavy atom. The standard InChI is InChI=1S/C9H11NO4S/c1-15(13,14)8-4-2-3-6(11)9(8)7(12)5-10/h2-4,11H,5,10H2,1H3. The van der Waals surface area contributed by atoms with Crippen molar-refractivity contribution in [2.75, 3.05) is 12.8 Å². The zero-order chi connectivity index (χ0) is 11.6. The monoisotopic (exact) mass is 229 g/mol. The molecule has 0 fully saturated rings. The minimum absolute atomic E-state index is 0.196. The van der Waals surface area contributed by atoms with Crippen LogP contribution in [0.2, 0.25) is 0 Å². The van der Waals surface area contributed by atoms with Crippen LogP contribution < -0.4 is 5.73 Å². The van der Waals surface area contributed by atoms with Gasteiger partial charge in [-0.2, -0.15) is 0 Å². The van der Waals surface area contributed by atoms with Crippen molar-refractivity contribution in [3.05, 3.63) is 23.8 Å². The van der Waals surface area contributed by atoms with Gasteiger partial charge in [0.25, 0.3) is 0 Å². The molecular weight excluding hydrogens is 218 g/mol. The number of aromatic hydroxyl groups is 1. The predicted octanol–water partition coefficient (Wildman–Crippen LogP) is -0.0629. The van der Waals surface area contributed by atoms with E-state index in [2.05, 4.69) is 0 Å². The van der Waals surface area contributed by atoms with Gasteiger partial charge in [0.05, 0.1) is 17.0 Å². The third-order valence-electron chi connectivity index (χ3n) is 1.87. The first-order valence-electron chi connectivity index (χ1n) is 4.13. The fourth-order valence-corrected chi connectivity index (χ4v) is 2.13. The van der Waals surface area contributed by atoms with E-state index < -0.39 is 15.6 Å². The maximum Gasteiger partial charge on any atom is 0.181 e. The maximum absolute atomic E-state index is 11.4. The summed E-state index contributed by atoms with van der Waals surface area (Å²) in [5, 5.41) is 9.42. The van der Waals surface area contributed by atoms with Crippen LogP contribution in [0.5, 0.6) is 5.75 Å². The van der Waals surface area contributed by atoms with Gasteiger partial charge in [-0.3, -0.25) is 4.79 Å². The highest BCUT2D eigenvalue weighted by Crippen LogP contribution is 2.24. The summed E-state index contributed by atoms with van der Waals surface area (Å²) in [5.41, 5.74) is 4.90. The largest absolute Gasteiger partial charge is 0.507 e. The predicted molar refractivity (Wildman–Crippen MR) is 54.6 cm³/mol. The molecule has 0 bridgehead atoms. The van der Waals surface area contributed by atoms with Gasteiger partial charge < -0.3 is 10.8 Å². The molecule has 0 aromatic heterocycles. The first-order chi connectivity index (χ1) is 6.88. The van der Waals surface area contributed by atoms with Gasteiger partial charge in [0.1, 0.15) is 5.75 Å². The van der Waals surface area contributed by atoms with Gasteiger partial charge >= 0.3 is 0 Å². The first kappa shape index (κ1) is 11.7. The molecule has 82 valence electrons. The van der Waals surface area contributed by atoms with Gasteiger partial charge in [0.15, 0.2) is 15.6 Å². The van der Waals surface area contributed by atoms with Crippen molar-refractivity contribution < 1.29 is 18.3 Å². The Kier molecular flexibility index (Phi) is 3.11. The van der Waals surface area contributed by atoms with E-state index in [9.17, 15) is 18.3 Å². The van der Waals surface area contributed by atoms with Gasteiger partial charge in [-0.15, -0.1) is 0 Å². The topological polar surface area (TPSA) is 97.5 Å². The van der Waals surface area contributed by atoms with Crippen LogP contribution >= 0.6 is 0 Å². The number of carbonyl (C=O) groups excluding carboxylic acids is 1. The number of sulfone groups is 1. The van der Waals surface area contributed by atoms with Crippen molar-refractivity contribution in [1.29, 1.82) is 0 Å². The van der Waals surface area contributed by atoms with Gasteiger partial charge in [0, 0.05) is 6.26 Å². The van der Waals surface area contributed by atoms with Crippen LogP contribution in [-0.4, -0.2) is 32.1 Å². The highest BCUT2D eigenvalue weighted by atomic mass is 32.2. The number of nitrogens with two attached hydrogens (primary N) is 1. The van der Waals surface area contributed by atoms with Crippen molar-refractivity contribution in [3.63, 3.8) is 0 Å². The Labute approximate surface area is 87.4 Å². The molecule has 3 N–H and O–H groups in total. The molecule has 1 aromatic rings. The van der Waals surface area contributed by atoms with Crippen LogP contribution in [0, 0.1) is 0 Å². The number of ketones is 1. The van der Waals surface area contributed by atoms with E-state index >= 15 is 0 Å². The molecule has 1 rings (SSSR count). The Bertz CT molecular complexity index is 493. The molecule has 0 saturated carbocycles. The average molecular weight is 229 g/mol. The summed E-state index contributed by atoms with van der Waals surface area (Å²) in [6, 6.07) is 3.87. The second-order valence-corrected chi connectivity index (χ2v) is 5.03. The summed E-state index contributed by atoms with van der Waals surface area (Å²) in [7, 11) is -3.55. The fraction of sp³-hybridized carbons (Fsp3) is 0.222. The maximum atomic E-state index is 11.4. The van der Waals surface area contributed by atoms with Crippen LogP contribution in [0.4, 0.5) is 0 Å². The summed E-state index contributed by atoms with van der Waals surface area (Å²) in [6.45, 7) is -0.347. The molecule has 1 aromatic carbocycles. The third-order valence-corrected chi connectivity index (χ3v) is 3.01. The van der Waals surface area contributed by atoms with Gasteiger partial charge in [0.2, 0.25) is 0 Å². The molecule has 0 aliphatic heterocycles. The third kappa shape index (κ3) is 2.34. The minimum Gasteiger partial charge on any atom is -0.507 e. The summed E-state index contributed by atoms with van der Waals surface area (Å²) in [4.78, 5) is 11.2. The lowest BCUT2D eigenvalue weighted by Crippen LogP contribution is -2.17. The molecular formula is C9H11NO4S. The molecule has 0 aliphatic rings. The average Bonchev–Trinajstić information content (AvgIpc) is 2.15.